The maximum absolute atomic E-state index is 12.2. The van der Waals surface area contributed by atoms with Crippen LogP contribution in [0.4, 0.5) is 13.2 Å². The van der Waals surface area contributed by atoms with Crippen LogP contribution in [0.1, 0.15) is 24.4 Å². The molecule has 2 fully saturated rings. The van der Waals surface area contributed by atoms with Crippen molar-refractivity contribution < 1.29 is 27.5 Å². The third-order valence-electron chi connectivity index (χ3n) is 4.03. The first kappa shape index (κ1) is 17.5. The van der Waals surface area contributed by atoms with Crippen LogP contribution in [-0.4, -0.2) is 48.8 Å². The third kappa shape index (κ3) is 4.85. The average molecular weight is 357 g/mol. The van der Waals surface area contributed by atoms with Crippen molar-refractivity contribution in [3.05, 3.63) is 29.8 Å². The quantitative estimate of drug-likeness (QED) is 0.834. The summed E-state index contributed by atoms with van der Waals surface area (Å²) >= 11 is 0. The highest BCUT2D eigenvalue weighted by Crippen LogP contribution is 2.28. The lowest BCUT2D eigenvalue weighted by molar-refractivity contribution is -0.274. The zero-order valence-corrected chi connectivity index (χ0v) is 13.3. The molecule has 25 heavy (non-hydrogen) atoms. The molecule has 1 aromatic carbocycles. The van der Waals surface area contributed by atoms with Gasteiger partial charge in [0.1, 0.15) is 11.8 Å². The van der Waals surface area contributed by atoms with E-state index in [4.69, 9.17) is 0 Å². The fourth-order valence-electron chi connectivity index (χ4n) is 2.78. The summed E-state index contributed by atoms with van der Waals surface area (Å²) < 4.78 is 40.5. The molecule has 1 saturated heterocycles. The van der Waals surface area contributed by atoms with E-state index in [0.717, 1.165) is 25.0 Å². The van der Waals surface area contributed by atoms with Gasteiger partial charge in [0.25, 0.3) is 0 Å². The van der Waals surface area contributed by atoms with Crippen molar-refractivity contribution in [2.24, 2.45) is 0 Å². The number of hydrogen-bond donors (Lipinski definition) is 2. The Kier molecular flexibility index (Phi) is 4.85. The van der Waals surface area contributed by atoms with Gasteiger partial charge < -0.3 is 15.4 Å². The largest absolute Gasteiger partial charge is 0.573 e. The number of benzene rings is 1. The molecule has 1 aliphatic heterocycles. The van der Waals surface area contributed by atoms with E-state index in [9.17, 15) is 22.8 Å². The summed E-state index contributed by atoms with van der Waals surface area (Å²) in [6.07, 6.45) is -2.83. The Morgan fingerprint density at radius 3 is 2.56 bits per heavy atom. The van der Waals surface area contributed by atoms with Crippen molar-refractivity contribution in [2.75, 3.05) is 19.6 Å². The molecule has 0 spiro atoms. The van der Waals surface area contributed by atoms with Crippen LogP contribution in [-0.2, 0) is 9.59 Å². The molecule has 6 nitrogen and oxygen atoms in total. The molecule has 2 aliphatic rings. The van der Waals surface area contributed by atoms with Gasteiger partial charge in [0.2, 0.25) is 11.8 Å². The number of hydrogen-bond acceptors (Lipinski definition) is 4. The van der Waals surface area contributed by atoms with Crippen molar-refractivity contribution in [3.63, 3.8) is 0 Å². The number of piperazine rings is 1. The average Bonchev–Trinajstić information content (AvgIpc) is 3.31. The summed E-state index contributed by atoms with van der Waals surface area (Å²) in [6.45, 7) is 0.964. The topological polar surface area (TPSA) is 70.7 Å². The molecule has 0 bridgehead atoms. The fraction of sp³-hybridized carbons (Fsp3) is 0.500. The normalized spacial score (nSPS) is 21.6. The number of alkyl halides is 3. The Morgan fingerprint density at radius 2 is 1.96 bits per heavy atom. The van der Waals surface area contributed by atoms with Crippen LogP contribution in [0, 0.1) is 0 Å². The second-order valence-corrected chi connectivity index (χ2v) is 6.12. The predicted octanol–water partition coefficient (Wildman–Crippen LogP) is 1.34. The van der Waals surface area contributed by atoms with Crippen molar-refractivity contribution in [1.29, 1.82) is 0 Å². The van der Waals surface area contributed by atoms with Gasteiger partial charge in [-0.3, -0.25) is 14.5 Å². The highest BCUT2D eigenvalue weighted by Gasteiger charge is 2.34. The van der Waals surface area contributed by atoms with Crippen LogP contribution in [0.15, 0.2) is 24.3 Å². The van der Waals surface area contributed by atoms with Crippen LogP contribution in [0.3, 0.4) is 0 Å². The maximum atomic E-state index is 12.2. The second-order valence-electron chi connectivity index (χ2n) is 6.12. The number of carbonyl (C=O) groups excluding carboxylic acids is 2. The number of carbonyl (C=O) groups is 2. The zero-order chi connectivity index (χ0) is 18.0. The first-order chi connectivity index (χ1) is 11.8. The Hall–Kier alpha value is -2.29. The van der Waals surface area contributed by atoms with Gasteiger partial charge in [-0.25, -0.2) is 0 Å². The standard InChI is InChI=1S/C16H18F3N3O3/c17-16(18,19)25-12-5-1-10(2-6-12)14-15(24)20-7-8-22(14)9-13(23)21-11-3-4-11/h1-2,5-6,11,14H,3-4,7-9H2,(H,20,24)(H,21,23)/t14-/m0/s1. The van der Waals surface area contributed by atoms with Gasteiger partial charge in [-0.2, -0.15) is 0 Å². The lowest BCUT2D eigenvalue weighted by Gasteiger charge is -2.34. The second kappa shape index (κ2) is 6.91. The highest BCUT2D eigenvalue weighted by atomic mass is 19.4. The van der Waals surface area contributed by atoms with E-state index in [1.807, 2.05) is 0 Å². The van der Waals surface area contributed by atoms with Gasteiger partial charge in [0.15, 0.2) is 0 Å². The molecule has 2 N–H and O–H groups in total. The number of ether oxygens (including phenoxy) is 1. The molecule has 3 rings (SSSR count). The molecule has 9 heteroatoms. The van der Waals surface area contributed by atoms with Crippen molar-refractivity contribution in [3.8, 4) is 5.75 Å². The Bertz CT molecular complexity index is 644. The zero-order valence-electron chi connectivity index (χ0n) is 13.3. The minimum atomic E-state index is -4.77. The SMILES string of the molecule is O=C(CN1CCNC(=O)[C@@H]1c1ccc(OC(F)(F)F)cc1)NC1CC1. The molecule has 1 atom stereocenters. The fourth-order valence-corrected chi connectivity index (χ4v) is 2.78. The number of rotatable bonds is 5. The van der Waals surface area contributed by atoms with Gasteiger partial charge >= 0.3 is 6.36 Å². The number of nitrogens with one attached hydrogen (secondary N) is 2. The Balaban J connectivity index is 1.71. The van der Waals surface area contributed by atoms with Crippen LogP contribution in [0.5, 0.6) is 5.75 Å². The van der Waals surface area contributed by atoms with E-state index in [1.165, 1.54) is 12.1 Å². The van der Waals surface area contributed by atoms with Crippen molar-refractivity contribution in [1.82, 2.24) is 15.5 Å². The van der Waals surface area contributed by atoms with E-state index >= 15 is 0 Å². The van der Waals surface area contributed by atoms with Gasteiger partial charge in [-0.1, -0.05) is 12.1 Å². The summed E-state index contributed by atoms with van der Waals surface area (Å²) in [5.41, 5.74) is 0.506. The highest BCUT2D eigenvalue weighted by molar-refractivity contribution is 5.85. The number of amides is 2. The van der Waals surface area contributed by atoms with Crippen molar-refractivity contribution >= 4 is 11.8 Å². The molecule has 136 valence electrons. The van der Waals surface area contributed by atoms with Gasteiger partial charge in [-0.05, 0) is 30.5 Å². The Morgan fingerprint density at radius 1 is 1.28 bits per heavy atom. The van der Waals surface area contributed by atoms with E-state index < -0.39 is 12.4 Å². The first-order valence-electron chi connectivity index (χ1n) is 7.99. The predicted molar refractivity (Wildman–Crippen MR) is 81.6 cm³/mol. The maximum Gasteiger partial charge on any atom is 0.573 e. The molecule has 1 saturated carbocycles. The summed E-state index contributed by atoms with van der Waals surface area (Å²) in [7, 11) is 0. The lowest BCUT2D eigenvalue weighted by Crippen LogP contribution is -2.52. The molecule has 1 heterocycles. The first-order valence-corrected chi connectivity index (χ1v) is 7.99. The van der Waals surface area contributed by atoms with E-state index in [2.05, 4.69) is 15.4 Å². The molecule has 1 aliphatic carbocycles. The van der Waals surface area contributed by atoms with Gasteiger partial charge in [-0.15, -0.1) is 13.2 Å². The van der Waals surface area contributed by atoms with E-state index in [1.54, 1.807) is 4.90 Å². The van der Waals surface area contributed by atoms with Crippen LogP contribution < -0.4 is 15.4 Å². The minimum absolute atomic E-state index is 0.0649. The summed E-state index contributed by atoms with van der Waals surface area (Å²) in [5, 5.41) is 5.58. The van der Waals surface area contributed by atoms with Crippen LogP contribution in [0.25, 0.3) is 0 Å². The number of halogens is 3. The molecular weight excluding hydrogens is 339 g/mol. The summed E-state index contributed by atoms with van der Waals surface area (Å²) in [4.78, 5) is 26.0. The van der Waals surface area contributed by atoms with Crippen LogP contribution in [0.2, 0.25) is 0 Å². The molecule has 1 aromatic rings. The van der Waals surface area contributed by atoms with Gasteiger partial charge in [0.05, 0.1) is 6.54 Å². The lowest BCUT2D eigenvalue weighted by atomic mass is 10.0. The summed E-state index contributed by atoms with van der Waals surface area (Å²) in [6, 6.07) is 4.63. The minimum Gasteiger partial charge on any atom is -0.406 e. The molecule has 0 aromatic heterocycles. The molecule has 2 amide bonds. The van der Waals surface area contributed by atoms with Gasteiger partial charge in [0, 0.05) is 19.1 Å². The van der Waals surface area contributed by atoms with Crippen LogP contribution >= 0.6 is 0 Å². The van der Waals surface area contributed by atoms with E-state index in [0.29, 0.717) is 18.7 Å². The van der Waals surface area contributed by atoms with Crippen molar-refractivity contribution in [2.45, 2.75) is 31.3 Å². The third-order valence-corrected chi connectivity index (χ3v) is 4.03. The molecule has 0 unspecified atom stereocenters. The Labute approximate surface area is 142 Å². The number of nitrogens with zero attached hydrogens (tertiary/aromatic N) is 1. The smallest absolute Gasteiger partial charge is 0.406 e. The monoisotopic (exact) mass is 357 g/mol. The van der Waals surface area contributed by atoms with E-state index in [-0.39, 0.29) is 30.2 Å². The summed E-state index contributed by atoms with van der Waals surface area (Å²) in [5.74, 6) is -0.792. The molecular formula is C16H18F3N3O3. The molecule has 0 radical (unpaired) electrons.